The molecule has 1 aliphatic rings. The second-order valence-electron chi connectivity index (χ2n) is 5.51. The van der Waals surface area contributed by atoms with Crippen molar-refractivity contribution in [2.24, 2.45) is 0 Å². The summed E-state index contributed by atoms with van der Waals surface area (Å²) in [4.78, 5) is 14.4. The number of halogens is 1. The topological polar surface area (TPSA) is 68.2 Å². The van der Waals surface area contributed by atoms with Crippen LogP contribution in [-0.2, 0) is 0 Å². The lowest BCUT2D eigenvalue weighted by molar-refractivity contribution is 0.102. The Morgan fingerprint density at radius 1 is 1.17 bits per heavy atom. The monoisotopic (exact) mass is 324 g/mol. The van der Waals surface area contributed by atoms with Crippen LogP contribution in [0.25, 0.3) is 0 Å². The third kappa shape index (κ3) is 3.36. The number of amides is 1. The van der Waals surface area contributed by atoms with Gasteiger partial charge in [-0.25, -0.2) is 4.39 Å². The van der Waals surface area contributed by atoms with Crippen LogP contribution in [0.15, 0.2) is 42.5 Å². The molecule has 0 spiro atoms. The van der Waals surface area contributed by atoms with E-state index in [2.05, 4.69) is 21.6 Å². The molecule has 5 nitrogen and oxygen atoms in total. The molecule has 0 radical (unpaired) electrons. The minimum absolute atomic E-state index is 0.341. The fourth-order valence-corrected chi connectivity index (χ4v) is 2.73. The summed E-state index contributed by atoms with van der Waals surface area (Å²) in [7, 11) is 0. The molecule has 1 fully saturated rings. The standard InChI is InChI=1S/C18H17FN4O/c19-14-6-4-13(5-7-14)18(24)22-16-2-1-3-17(15(16)12-20)23-10-8-21-9-11-23/h1-7,21H,8-11H2,(H,22,24). The van der Waals surface area contributed by atoms with Crippen molar-refractivity contribution in [1.82, 2.24) is 5.32 Å². The Morgan fingerprint density at radius 2 is 1.88 bits per heavy atom. The lowest BCUT2D eigenvalue weighted by atomic mass is 10.1. The lowest BCUT2D eigenvalue weighted by Crippen LogP contribution is -2.43. The van der Waals surface area contributed by atoms with E-state index in [1.54, 1.807) is 6.07 Å². The van der Waals surface area contributed by atoms with E-state index >= 15 is 0 Å². The minimum atomic E-state index is -0.398. The van der Waals surface area contributed by atoms with Gasteiger partial charge in [0.2, 0.25) is 0 Å². The van der Waals surface area contributed by atoms with Gasteiger partial charge in [0.05, 0.1) is 16.9 Å². The number of nitriles is 1. The number of benzene rings is 2. The van der Waals surface area contributed by atoms with Crippen molar-refractivity contribution in [2.75, 3.05) is 36.4 Å². The molecule has 0 atom stereocenters. The van der Waals surface area contributed by atoms with Crippen LogP contribution in [0.5, 0.6) is 0 Å². The molecule has 1 aliphatic heterocycles. The van der Waals surface area contributed by atoms with E-state index in [1.165, 1.54) is 24.3 Å². The van der Waals surface area contributed by atoms with Crippen molar-refractivity contribution in [3.63, 3.8) is 0 Å². The third-order valence-corrected chi connectivity index (χ3v) is 3.97. The number of nitrogens with one attached hydrogen (secondary N) is 2. The van der Waals surface area contributed by atoms with Crippen LogP contribution in [0.1, 0.15) is 15.9 Å². The van der Waals surface area contributed by atoms with E-state index in [0.717, 1.165) is 31.9 Å². The van der Waals surface area contributed by atoms with Crippen molar-refractivity contribution in [3.8, 4) is 6.07 Å². The van der Waals surface area contributed by atoms with Crippen LogP contribution in [0.3, 0.4) is 0 Å². The summed E-state index contributed by atoms with van der Waals surface area (Å²) in [5.41, 5.74) is 2.06. The van der Waals surface area contributed by atoms with Gasteiger partial charge in [-0.2, -0.15) is 5.26 Å². The molecule has 122 valence electrons. The first-order valence-corrected chi connectivity index (χ1v) is 7.75. The molecule has 0 aliphatic carbocycles. The smallest absolute Gasteiger partial charge is 0.255 e. The van der Waals surface area contributed by atoms with Gasteiger partial charge in [-0.1, -0.05) is 6.07 Å². The zero-order valence-electron chi connectivity index (χ0n) is 13.1. The molecular formula is C18H17FN4O. The van der Waals surface area contributed by atoms with Crippen molar-refractivity contribution in [2.45, 2.75) is 0 Å². The minimum Gasteiger partial charge on any atom is -0.368 e. The van der Waals surface area contributed by atoms with E-state index in [9.17, 15) is 14.4 Å². The highest BCUT2D eigenvalue weighted by Crippen LogP contribution is 2.27. The zero-order chi connectivity index (χ0) is 16.9. The molecule has 2 N–H and O–H groups in total. The number of carbonyl (C=O) groups is 1. The van der Waals surface area contributed by atoms with Crippen molar-refractivity contribution < 1.29 is 9.18 Å². The van der Waals surface area contributed by atoms with Crippen LogP contribution in [0.4, 0.5) is 15.8 Å². The number of hydrogen-bond donors (Lipinski definition) is 2. The first-order chi connectivity index (χ1) is 11.7. The van der Waals surface area contributed by atoms with Crippen LogP contribution < -0.4 is 15.5 Å². The van der Waals surface area contributed by atoms with Crippen molar-refractivity contribution in [3.05, 3.63) is 59.4 Å². The number of piperazine rings is 1. The maximum Gasteiger partial charge on any atom is 0.255 e. The SMILES string of the molecule is N#Cc1c(NC(=O)c2ccc(F)cc2)cccc1N1CCNCC1. The Bertz CT molecular complexity index is 777. The number of nitrogens with zero attached hydrogens (tertiary/aromatic N) is 2. The quantitative estimate of drug-likeness (QED) is 0.909. The van der Waals surface area contributed by atoms with Gasteiger partial charge in [0.15, 0.2) is 0 Å². The fraction of sp³-hybridized carbons (Fsp3) is 0.222. The summed E-state index contributed by atoms with van der Waals surface area (Å²) < 4.78 is 13.0. The third-order valence-electron chi connectivity index (χ3n) is 3.97. The summed E-state index contributed by atoms with van der Waals surface area (Å²) >= 11 is 0. The average molecular weight is 324 g/mol. The molecule has 0 aromatic heterocycles. The molecule has 1 saturated heterocycles. The Morgan fingerprint density at radius 3 is 2.54 bits per heavy atom. The summed E-state index contributed by atoms with van der Waals surface area (Å²) in [6, 6.07) is 12.9. The second kappa shape index (κ2) is 7.11. The number of rotatable bonds is 3. The maximum atomic E-state index is 13.0. The Hall–Kier alpha value is -2.91. The van der Waals surface area contributed by atoms with Crippen LogP contribution in [0, 0.1) is 17.1 Å². The molecule has 2 aromatic carbocycles. The zero-order valence-corrected chi connectivity index (χ0v) is 13.1. The summed E-state index contributed by atoms with van der Waals surface area (Å²) in [5, 5.41) is 15.6. The Labute approximate surface area is 139 Å². The van der Waals surface area contributed by atoms with E-state index in [0.29, 0.717) is 16.8 Å². The number of carbonyl (C=O) groups excluding carboxylic acids is 1. The van der Waals surface area contributed by atoms with E-state index < -0.39 is 5.82 Å². The average Bonchev–Trinajstić information content (AvgIpc) is 2.62. The summed E-state index contributed by atoms with van der Waals surface area (Å²) in [6.45, 7) is 3.34. The van der Waals surface area contributed by atoms with Gasteiger partial charge in [-0.15, -0.1) is 0 Å². The first-order valence-electron chi connectivity index (χ1n) is 7.75. The summed E-state index contributed by atoms with van der Waals surface area (Å²) in [5.74, 6) is -0.770. The molecule has 1 heterocycles. The predicted molar refractivity (Wildman–Crippen MR) is 90.6 cm³/mol. The van der Waals surface area contributed by atoms with Crippen LogP contribution in [-0.4, -0.2) is 32.1 Å². The molecule has 0 bridgehead atoms. The molecule has 6 heteroatoms. The number of anilines is 2. The molecule has 3 rings (SSSR count). The molecular weight excluding hydrogens is 307 g/mol. The van der Waals surface area contributed by atoms with Gasteiger partial charge >= 0.3 is 0 Å². The highest BCUT2D eigenvalue weighted by molar-refractivity contribution is 6.05. The normalized spacial score (nSPS) is 14.1. The van der Waals surface area contributed by atoms with Crippen molar-refractivity contribution in [1.29, 1.82) is 5.26 Å². The molecule has 2 aromatic rings. The summed E-state index contributed by atoms with van der Waals surface area (Å²) in [6.07, 6.45) is 0. The Kier molecular flexibility index (Phi) is 4.73. The van der Waals surface area contributed by atoms with Crippen LogP contribution >= 0.6 is 0 Å². The lowest BCUT2D eigenvalue weighted by Gasteiger charge is -2.30. The Balaban J connectivity index is 1.86. The van der Waals surface area contributed by atoms with E-state index in [-0.39, 0.29) is 5.91 Å². The second-order valence-corrected chi connectivity index (χ2v) is 5.51. The van der Waals surface area contributed by atoms with Gasteiger partial charge in [-0.05, 0) is 36.4 Å². The van der Waals surface area contributed by atoms with Crippen molar-refractivity contribution >= 4 is 17.3 Å². The highest BCUT2D eigenvalue weighted by atomic mass is 19.1. The van der Waals surface area contributed by atoms with Gasteiger partial charge in [0, 0.05) is 31.7 Å². The maximum absolute atomic E-state index is 13.0. The largest absolute Gasteiger partial charge is 0.368 e. The van der Waals surface area contributed by atoms with Gasteiger partial charge in [0.1, 0.15) is 11.9 Å². The van der Waals surface area contributed by atoms with E-state index in [1.807, 2.05) is 12.1 Å². The molecule has 0 unspecified atom stereocenters. The first kappa shape index (κ1) is 16.0. The van der Waals surface area contributed by atoms with Gasteiger partial charge < -0.3 is 15.5 Å². The van der Waals surface area contributed by atoms with Gasteiger partial charge in [-0.3, -0.25) is 4.79 Å². The van der Waals surface area contributed by atoms with Crippen LogP contribution in [0.2, 0.25) is 0 Å². The fourth-order valence-electron chi connectivity index (χ4n) is 2.73. The molecule has 1 amide bonds. The predicted octanol–water partition coefficient (Wildman–Crippen LogP) is 2.36. The van der Waals surface area contributed by atoms with Gasteiger partial charge in [0.25, 0.3) is 5.91 Å². The molecule has 0 saturated carbocycles. The molecule has 24 heavy (non-hydrogen) atoms. The number of hydrogen-bond acceptors (Lipinski definition) is 4. The highest BCUT2D eigenvalue weighted by Gasteiger charge is 2.18. The van der Waals surface area contributed by atoms with E-state index in [4.69, 9.17) is 0 Å².